The van der Waals surface area contributed by atoms with Crippen LogP contribution in [0.2, 0.25) is 0 Å². The van der Waals surface area contributed by atoms with Crippen LogP contribution in [0.3, 0.4) is 0 Å². The third kappa shape index (κ3) is 2.36. The second-order valence-electron chi connectivity index (χ2n) is 6.45. The number of carbonyl (C=O) groups excluding carboxylic acids is 1. The molecule has 3 atom stereocenters. The average Bonchev–Trinajstić information content (AvgIpc) is 2.71. The molecule has 3 rings (SSSR count). The third-order valence-corrected chi connectivity index (χ3v) is 4.67. The van der Waals surface area contributed by atoms with E-state index in [-0.39, 0.29) is 18.4 Å². The summed E-state index contributed by atoms with van der Waals surface area (Å²) in [6, 6.07) is 7.58. The van der Waals surface area contributed by atoms with Crippen LogP contribution in [0, 0.1) is 0 Å². The fraction of sp³-hybridized carbons (Fsp3) is 0.500. The summed E-state index contributed by atoms with van der Waals surface area (Å²) in [5, 5.41) is 13.9. The van der Waals surface area contributed by atoms with Crippen LogP contribution in [-0.4, -0.2) is 22.7 Å². The number of anilines is 1. The minimum Gasteiger partial charge on any atom is -0.389 e. The molecule has 118 valence electrons. The fourth-order valence-corrected chi connectivity index (χ4v) is 3.82. The monoisotopic (exact) mass is 301 g/mol. The molecule has 0 unspecified atom stereocenters. The molecule has 22 heavy (non-hydrogen) atoms. The summed E-state index contributed by atoms with van der Waals surface area (Å²) in [6.07, 6.45) is 4.67. The first-order valence-corrected chi connectivity index (χ1v) is 7.95. The molecule has 2 N–H and O–H groups in total. The van der Waals surface area contributed by atoms with Crippen LogP contribution in [0.25, 0.3) is 0 Å². The van der Waals surface area contributed by atoms with Crippen LogP contribution in [-0.2, 0) is 15.1 Å². The molecule has 1 saturated heterocycles. The van der Waals surface area contributed by atoms with Crippen molar-refractivity contribution in [3.63, 3.8) is 0 Å². The van der Waals surface area contributed by atoms with Gasteiger partial charge < -0.3 is 15.2 Å². The van der Waals surface area contributed by atoms with Crippen molar-refractivity contribution in [3.8, 4) is 0 Å². The van der Waals surface area contributed by atoms with E-state index in [9.17, 15) is 9.90 Å². The van der Waals surface area contributed by atoms with Crippen molar-refractivity contribution in [2.45, 2.75) is 56.3 Å². The Bertz CT molecular complexity index is 600. The topological polar surface area (TPSA) is 58.6 Å². The molecule has 2 aliphatic rings. The zero-order valence-electron chi connectivity index (χ0n) is 13.0. The second-order valence-corrected chi connectivity index (χ2v) is 6.45. The molecule has 1 spiro atoms. The summed E-state index contributed by atoms with van der Waals surface area (Å²) in [6.45, 7) is 5.83. The van der Waals surface area contributed by atoms with Crippen molar-refractivity contribution in [3.05, 3.63) is 42.5 Å². The Labute approximate surface area is 131 Å². The van der Waals surface area contributed by atoms with E-state index in [4.69, 9.17) is 4.74 Å². The first kappa shape index (κ1) is 15.3. The maximum absolute atomic E-state index is 12.7. The number of amides is 1. The molecule has 0 radical (unpaired) electrons. The average molecular weight is 301 g/mol. The molecule has 0 saturated carbocycles. The lowest BCUT2D eigenvalue weighted by Gasteiger charge is -2.45. The van der Waals surface area contributed by atoms with E-state index < -0.39 is 11.2 Å². The first-order valence-electron chi connectivity index (χ1n) is 7.95. The summed E-state index contributed by atoms with van der Waals surface area (Å²) in [5.41, 5.74) is -0.407. The Morgan fingerprint density at radius 1 is 1.50 bits per heavy atom. The van der Waals surface area contributed by atoms with E-state index >= 15 is 0 Å². The summed E-state index contributed by atoms with van der Waals surface area (Å²) in [4.78, 5) is 12.7. The van der Waals surface area contributed by atoms with Gasteiger partial charge in [-0.25, -0.2) is 0 Å². The van der Waals surface area contributed by atoms with Crippen molar-refractivity contribution in [2.75, 3.05) is 5.32 Å². The SMILES string of the molecule is C=CC[C@]1(O)C[C@H](CCC)O[C@]2(C1)C(=O)Nc1ccccc12. The number of para-hydroxylation sites is 1. The van der Waals surface area contributed by atoms with Gasteiger partial charge in [-0.15, -0.1) is 6.58 Å². The fourth-order valence-electron chi connectivity index (χ4n) is 3.82. The number of benzene rings is 1. The molecule has 0 aliphatic carbocycles. The van der Waals surface area contributed by atoms with Gasteiger partial charge in [0.15, 0.2) is 5.60 Å². The molecule has 1 aromatic carbocycles. The Hall–Kier alpha value is -1.65. The predicted octanol–water partition coefficient (Wildman–Crippen LogP) is 3.12. The molecule has 4 nitrogen and oxygen atoms in total. The molecule has 0 bridgehead atoms. The zero-order valence-corrected chi connectivity index (χ0v) is 13.0. The van der Waals surface area contributed by atoms with Crippen LogP contribution < -0.4 is 5.32 Å². The highest BCUT2D eigenvalue weighted by molar-refractivity contribution is 6.05. The van der Waals surface area contributed by atoms with Crippen molar-refractivity contribution in [2.24, 2.45) is 0 Å². The Kier molecular flexibility index (Phi) is 3.83. The van der Waals surface area contributed by atoms with Crippen molar-refractivity contribution < 1.29 is 14.6 Å². The Morgan fingerprint density at radius 3 is 3.00 bits per heavy atom. The molecule has 4 heteroatoms. The van der Waals surface area contributed by atoms with Crippen LogP contribution >= 0.6 is 0 Å². The molecule has 2 aliphatic heterocycles. The van der Waals surface area contributed by atoms with Gasteiger partial charge in [0, 0.05) is 24.1 Å². The molecule has 0 aromatic heterocycles. The third-order valence-electron chi connectivity index (χ3n) is 4.67. The lowest BCUT2D eigenvalue weighted by Crippen LogP contribution is -2.53. The smallest absolute Gasteiger partial charge is 0.261 e. The Morgan fingerprint density at radius 2 is 2.27 bits per heavy atom. The van der Waals surface area contributed by atoms with Gasteiger partial charge in [0.1, 0.15) is 0 Å². The van der Waals surface area contributed by atoms with Crippen molar-refractivity contribution in [1.29, 1.82) is 0 Å². The lowest BCUT2D eigenvalue weighted by molar-refractivity contribution is -0.201. The maximum Gasteiger partial charge on any atom is 0.261 e. The van der Waals surface area contributed by atoms with E-state index in [2.05, 4.69) is 18.8 Å². The van der Waals surface area contributed by atoms with Gasteiger partial charge >= 0.3 is 0 Å². The van der Waals surface area contributed by atoms with E-state index in [1.807, 2.05) is 24.3 Å². The minimum atomic E-state index is -1.08. The molecule has 2 heterocycles. The number of hydrogen-bond acceptors (Lipinski definition) is 3. The summed E-state index contributed by atoms with van der Waals surface area (Å²) >= 11 is 0. The summed E-state index contributed by atoms with van der Waals surface area (Å²) in [7, 11) is 0. The van der Waals surface area contributed by atoms with Crippen LogP contribution in [0.1, 0.15) is 44.6 Å². The highest BCUT2D eigenvalue weighted by Crippen LogP contribution is 2.50. The number of fused-ring (bicyclic) bond motifs is 2. The van der Waals surface area contributed by atoms with E-state index in [0.29, 0.717) is 12.8 Å². The molecule has 1 fully saturated rings. The van der Waals surface area contributed by atoms with Gasteiger partial charge in [-0.3, -0.25) is 4.79 Å². The van der Waals surface area contributed by atoms with E-state index in [1.165, 1.54) is 0 Å². The number of nitrogens with one attached hydrogen (secondary N) is 1. The first-order chi connectivity index (χ1) is 10.5. The van der Waals surface area contributed by atoms with E-state index in [1.54, 1.807) is 6.08 Å². The van der Waals surface area contributed by atoms with Gasteiger partial charge in [-0.2, -0.15) is 0 Å². The van der Waals surface area contributed by atoms with Gasteiger partial charge in [0.05, 0.1) is 11.7 Å². The summed E-state index contributed by atoms with van der Waals surface area (Å²) in [5.74, 6) is -0.169. The van der Waals surface area contributed by atoms with Gasteiger partial charge in [-0.1, -0.05) is 37.6 Å². The van der Waals surface area contributed by atoms with Gasteiger partial charge in [0.2, 0.25) is 0 Å². The Balaban J connectivity index is 2.04. The highest BCUT2D eigenvalue weighted by atomic mass is 16.5. The number of aliphatic hydroxyl groups is 1. The largest absolute Gasteiger partial charge is 0.389 e. The number of rotatable bonds is 4. The summed E-state index contributed by atoms with van der Waals surface area (Å²) < 4.78 is 6.25. The van der Waals surface area contributed by atoms with Crippen LogP contribution in [0.5, 0.6) is 0 Å². The molecular formula is C18H23NO3. The lowest BCUT2D eigenvalue weighted by atomic mass is 9.75. The van der Waals surface area contributed by atoms with Crippen LogP contribution in [0.15, 0.2) is 36.9 Å². The number of carbonyl (C=O) groups is 1. The molecular weight excluding hydrogens is 278 g/mol. The highest BCUT2D eigenvalue weighted by Gasteiger charge is 2.56. The van der Waals surface area contributed by atoms with Gasteiger partial charge in [0.25, 0.3) is 5.91 Å². The second kappa shape index (κ2) is 5.52. The standard InChI is InChI=1S/C18H23NO3/c1-3-7-13-11-17(21,10-4-2)12-18(22-13)14-8-5-6-9-15(14)19-16(18)20/h4-6,8-9,13,21H,2-3,7,10-12H2,1H3,(H,19,20)/t13-,17-,18-/m0/s1. The molecule has 1 aromatic rings. The van der Waals surface area contributed by atoms with Crippen LogP contribution in [0.4, 0.5) is 5.69 Å². The quantitative estimate of drug-likeness (QED) is 0.840. The van der Waals surface area contributed by atoms with Gasteiger partial charge in [-0.05, 0) is 18.9 Å². The van der Waals surface area contributed by atoms with E-state index in [0.717, 1.165) is 24.1 Å². The zero-order chi connectivity index (χ0) is 15.8. The predicted molar refractivity (Wildman–Crippen MR) is 85.5 cm³/mol. The number of ether oxygens (including phenoxy) is 1. The normalized spacial score (nSPS) is 33.5. The minimum absolute atomic E-state index is 0.124. The van der Waals surface area contributed by atoms with Crippen molar-refractivity contribution in [1.82, 2.24) is 0 Å². The van der Waals surface area contributed by atoms with Crippen molar-refractivity contribution >= 4 is 11.6 Å². The maximum atomic E-state index is 12.7. The molecule has 1 amide bonds. The number of hydrogen-bond donors (Lipinski definition) is 2.